The fraction of sp³-hybridized carbons (Fsp3) is 0.300. The molecule has 27 heavy (non-hydrogen) atoms. The molecule has 7 heteroatoms. The van der Waals surface area contributed by atoms with Crippen LogP contribution < -0.4 is 10.5 Å². The zero-order valence-corrected chi connectivity index (χ0v) is 16.5. The zero-order chi connectivity index (χ0) is 19.8. The molecule has 0 radical (unpaired) electrons. The van der Waals surface area contributed by atoms with Crippen molar-refractivity contribution in [3.8, 4) is 11.1 Å². The molecule has 6 nitrogen and oxygen atoms in total. The Morgan fingerprint density at radius 3 is 2.63 bits per heavy atom. The van der Waals surface area contributed by atoms with Crippen molar-refractivity contribution in [2.45, 2.75) is 33.4 Å². The van der Waals surface area contributed by atoms with E-state index >= 15 is 0 Å². The molecule has 5 N–H and O–H groups in total. The van der Waals surface area contributed by atoms with Gasteiger partial charge in [-0.2, -0.15) is 0 Å². The normalized spacial score (nSPS) is 13.1. The number of benzene rings is 2. The molecule has 0 spiro atoms. The highest BCUT2D eigenvalue weighted by Gasteiger charge is 2.17. The Kier molecular flexibility index (Phi) is 5.28. The zero-order valence-electron chi connectivity index (χ0n) is 15.7. The molecular weight excluding hydrogens is 362 g/mol. The largest absolute Gasteiger partial charge is 0.374 e. The maximum absolute atomic E-state index is 12.1. The van der Waals surface area contributed by atoms with Crippen molar-refractivity contribution in [1.29, 1.82) is 0 Å². The minimum absolute atomic E-state index is 0.0840. The van der Waals surface area contributed by atoms with Gasteiger partial charge in [-0.25, -0.2) is 8.42 Å². The number of aliphatic hydroxyl groups is 1. The molecule has 0 aliphatic carbocycles. The Bertz CT molecular complexity index is 1090. The number of rotatable bonds is 6. The van der Waals surface area contributed by atoms with E-state index < -0.39 is 16.3 Å². The summed E-state index contributed by atoms with van der Waals surface area (Å²) in [6, 6.07) is 11.0. The molecule has 0 amide bonds. The molecule has 1 heterocycles. The van der Waals surface area contributed by atoms with Crippen LogP contribution in [0.5, 0.6) is 0 Å². The first-order valence-electron chi connectivity index (χ1n) is 8.90. The predicted octanol–water partition coefficient (Wildman–Crippen LogP) is 3.55. The lowest BCUT2D eigenvalue weighted by Gasteiger charge is -2.13. The van der Waals surface area contributed by atoms with Crippen LogP contribution in [0.1, 0.15) is 36.4 Å². The number of aryl methyl sites for hydroxylation is 2. The van der Waals surface area contributed by atoms with Gasteiger partial charge in [-0.1, -0.05) is 31.2 Å². The average molecular weight is 388 g/mol. The van der Waals surface area contributed by atoms with Gasteiger partial charge in [-0.05, 0) is 49.1 Å². The Morgan fingerprint density at radius 1 is 1.22 bits per heavy atom. The van der Waals surface area contributed by atoms with Crippen molar-refractivity contribution in [2.75, 3.05) is 10.5 Å². The number of hydrogen-bond acceptors (Lipinski definition) is 4. The maximum atomic E-state index is 12.1. The molecule has 3 aromatic rings. The third-order valence-electron chi connectivity index (χ3n) is 4.73. The summed E-state index contributed by atoms with van der Waals surface area (Å²) in [5.41, 5.74) is 11.6. The molecular formula is C20H25N3O3S. The topological polar surface area (TPSA) is 108 Å². The number of nitrogens with two attached hydrogens (primary N) is 1. The number of aliphatic hydroxyl groups excluding tert-OH is 1. The molecule has 144 valence electrons. The van der Waals surface area contributed by atoms with E-state index in [-0.39, 0.29) is 5.75 Å². The molecule has 3 rings (SSSR count). The third kappa shape index (κ3) is 3.85. The van der Waals surface area contributed by atoms with Crippen molar-refractivity contribution in [1.82, 2.24) is 4.98 Å². The van der Waals surface area contributed by atoms with Crippen LogP contribution in [-0.2, 0) is 10.0 Å². The van der Waals surface area contributed by atoms with Crippen LogP contribution >= 0.6 is 0 Å². The smallest absolute Gasteiger partial charge is 0.232 e. The molecule has 0 saturated heterocycles. The van der Waals surface area contributed by atoms with E-state index in [1.165, 1.54) is 0 Å². The quantitative estimate of drug-likeness (QED) is 0.485. The highest BCUT2D eigenvalue weighted by Crippen LogP contribution is 2.36. The first kappa shape index (κ1) is 19.4. The first-order chi connectivity index (χ1) is 12.7. The minimum atomic E-state index is -3.35. The van der Waals surface area contributed by atoms with Crippen LogP contribution in [0.25, 0.3) is 22.0 Å². The lowest BCUT2D eigenvalue weighted by molar-refractivity contribution is 0.187. The van der Waals surface area contributed by atoms with E-state index in [2.05, 4.69) is 9.71 Å². The molecule has 0 saturated carbocycles. The van der Waals surface area contributed by atoms with Crippen molar-refractivity contribution >= 4 is 26.6 Å². The lowest BCUT2D eigenvalue weighted by Crippen LogP contribution is -2.16. The summed E-state index contributed by atoms with van der Waals surface area (Å²) >= 11 is 0. The van der Waals surface area contributed by atoms with Crippen LogP contribution in [0.4, 0.5) is 5.69 Å². The summed E-state index contributed by atoms with van der Waals surface area (Å²) in [7, 11) is -3.35. The van der Waals surface area contributed by atoms with Crippen LogP contribution in [0, 0.1) is 13.8 Å². The molecule has 0 fully saturated rings. The van der Waals surface area contributed by atoms with Crippen LogP contribution in [0.2, 0.25) is 0 Å². The van der Waals surface area contributed by atoms with Gasteiger partial charge in [0.15, 0.2) is 0 Å². The summed E-state index contributed by atoms with van der Waals surface area (Å²) in [6.45, 7) is 5.82. The van der Waals surface area contributed by atoms with Gasteiger partial charge in [0.05, 0.1) is 11.3 Å². The molecule has 2 aromatic carbocycles. The lowest BCUT2D eigenvalue weighted by atomic mass is 9.96. The van der Waals surface area contributed by atoms with Crippen LogP contribution in [-0.4, -0.2) is 24.3 Å². The van der Waals surface area contributed by atoms with Gasteiger partial charge in [0.2, 0.25) is 10.0 Å². The number of sulfonamides is 1. The van der Waals surface area contributed by atoms with Crippen molar-refractivity contribution < 1.29 is 13.5 Å². The number of fused-ring (bicyclic) bond motifs is 1. The Balaban J connectivity index is 2.14. The molecule has 0 aliphatic heterocycles. The van der Waals surface area contributed by atoms with Gasteiger partial charge in [-0.3, -0.25) is 4.72 Å². The van der Waals surface area contributed by atoms with Gasteiger partial charge in [0.1, 0.15) is 6.23 Å². The second kappa shape index (κ2) is 7.34. The molecule has 1 unspecified atom stereocenters. The standard InChI is InChI=1S/C20H25N3O3S/c1-4-10-27(25,26)23-15-7-5-6-14(11-15)16-8-9-17(20(21)24)19-18(16)12(2)13(3)22-19/h5-9,11,20,22-24H,4,10,21H2,1-3H3. The van der Waals surface area contributed by atoms with Gasteiger partial charge in [0, 0.05) is 22.3 Å². The SMILES string of the molecule is CCCS(=O)(=O)Nc1cccc(-c2ccc(C(N)O)c3[nH]c(C)c(C)c23)c1. The number of H-pyrrole nitrogens is 1. The van der Waals surface area contributed by atoms with Crippen molar-refractivity contribution in [2.24, 2.45) is 5.73 Å². The number of nitrogens with one attached hydrogen (secondary N) is 2. The summed E-state index contributed by atoms with van der Waals surface area (Å²) in [5.74, 6) is 0.0840. The summed E-state index contributed by atoms with van der Waals surface area (Å²) < 4.78 is 26.8. The second-order valence-electron chi connectivity index (χ2n) is 6.77. The van der Waals surface area contributed by atoms with Gasteiger partial charge in [-0.15, -0.1) is 0 Å². The second-order valence-corrected chi connectivity index (χ2v) is 8.62. The predicted molar refractivity (Wildman–Crippen MR) is 110 cm³/mol. The summed E-state index contributed by atoms with van der Waals surface area (Å²) in [4.78, 5) is 3.30. The Morgan fingerprint density at radius 2 is 1.96 bits per heavy atom. The Hall–Kier alpha value is -2.35. The van der Waals surface area contributed by atoms with E-state index in [4.69, 9.17) is 5.73 Å². The van der Waals surface area contributed by atoms with E-state index in [9.17, 15) is 13.5 Å². The maximum Gasteiger partial charge on any atom is 0.232 e. The summed E-state index contributed by atoms with van der Waals surface area (Å²) in [5, 5.41) is 10.9. The highest BCUT2D eigenvalue weighted by atomic mass is 32.2. The molecule has 0 bridgehead atoms. The number of aromatic nitrogens is 1. The van der Waals surface area contributed by atoms with Crippen molar-refractivity contribution in [3.63, 3.8) is 0 Å². The van der Waals surface area contributed by atoms with E-state index in [1.807, 2.05) is 45.0 Å². The Labute approximate surface area is 159 Å². The van der Waals surface area contributed by atoms with E-state index in [0.29, 0.717) is 17.7 Å². The fourth-order valence-electron chi connectivity index (χ4n) is 3.35. The van der Waals surface area contributed by atoms with E-state index in [1.54, 1.807) is 12.1 Å². The van der Waals surface area contributed by atoms with Crippen LogP contribution in [0.3, 0.4) is 0 Å². The van der Waals surface area contributed by atoms with Crippen LogP contribution in [0.15, 0.2) is 36.4 Å². The number of aromatic amines is 1. The molecule has 1 aromatic heterocycles. The van der Waals surface area contributed by atoms with Gasteiger partial charge >= 0.3 is 0 Å². The van der Waals surface area contributed by atoms with E-state index in [0.717, 1.165) is 33.3 Å². The average Bonchev–Trinajstić information content (AvgIpc) is 2.89. The van der Waals surface area contributed by atoms with Gasteiger partial charge in [0.25, 0.3) is 0 Å². The first-order valence-corrected chi connectivity index (χ1v) is 10.5. The monoisotopic (exact) mass is 387 g/mol. The summed E-state index contributed by atoms with van der Waals surface area (Å²) in [6.07, 6.45) is -0.522. The van der Waals surface area contributed by atoms with Gasteiger partial charge < -0.3 is 15.8 Å². The number of hydrogen-bond donors (Lipinski definition) is 4. The number of anilines is 1. The minimum Gasteiger partial charge on any atom is -0.374 e. The van der Waals surface area contributed by atoms with Crippen molar-refractivity contribution in [3.05, 3.63) is 53.2 Å². The molecule has 1 atom stereocenters. The third-order valence-corrected chi connectivity index (χ3v) is 6.22. The highest BCUT2D eigenvalue weighted by molar-refractivity contribution is 7.92. The fourth-order valence-corrected chi connectivity index (χ4v) is 4.47. The molecule has 0 aliphatic rings.